The fourth-order valence-electron chi connectivity index (χ4n) is 3.43. The summed E-state index contributed by atoms with van der Waals surface area (Å²) in [5.74, 6) is 2.43. The van der Waals surface area contributed by atoms with E-state index in [4.69, 9.17) is 24.6 Å². The topological polar surface area (TPSA) is 73.8 Å². The number of morpholine rings is 1. The molecule has 1 fully saturated rings. The van der Waals surface area contributed by atoms with E-state index in [1.807, 2.05) is 19.9 Å². The summed E-state index contributed by atoms with van der Waals surface area (Å²) in [6, 6.07) is 4.11. The molecule has 0 aliphatic carbocycles. The second kappa shape index (κ2) is 8.20. The number of nitrogens with two attached hydrogens (primary N) is 1. The molecule has 0 radical (unpaired) electrons. The Bertz CT molecular complexity index is 755. The number of benzene rings is 1. The molecule has 2 heterocycles. The SMILES string of the molecule is COc1cc(C)c(-c2nc(CN3CCOC(CCN)C3)c(C)o2)cc1C. The van der Waals surface area contributed by atoms with Crippen LogP contribution in [-0.4, -0.2) is 49.3 Å². The molecule has 1 atom stereocenters. The quantitative estimate of drug-likeness (QED) is 0.855. The van der Waals surface area contributed by atoms with E-state index in [1.165, 1.54) is 0 Å². The molecule has 26 heavy (non-hydrogen) atoms. The summed E-state index contributed by atoms with van der Waals surface area (Å²) in [7, 11) is 1.69. The lowest BCUT2D eigenvalue weighted by atomic mass is 10.0. The molecule has 3 rings (SSSR count). The summed E-state index contributed by atoms with van der Waals surface area (Å²) < 4.78 is 17.2. The number of nitrogens with zero attached hydrogens (tertiary/aromatic N) is 2. The maximum Gasteiger partial charge on any atom is 0.226 e. The molecule has 1 aliphatic heterocycles. The Morgan fingerprint density at radius 1 is 1.27 bits per heavy atom. The van der Waals surface area contributed by atoms with Crippen LogP contribution >= 0.6 is 0 Å². The molecule has 2 aromatic rings. The average molecular weight is 359 g/mol. The van der Waals surface area contributed by atoms with Crippen molar-refractivity contribution in [1.82, 2.24) is 9.88 Å². The number of aromatic nitrogens is 1. The van der Waals surface area contributed by atoms with Gasteiger partial charge in [-0.05, 0) is 57.0 Å². The molecular weight excluding hydrogens is 330 g/mol. The van der Waals surface area contributed by atoms with E-state index in [2.05, 4.69) is 17.9 Å². The molecule has 1 saturated heterocycles. The van der Waals surface area contributed by atoms with Crippen LogP contribution in [-0.2, 0) is 11.3 Å². The number of ether oxygens (including phenoxy) is 2. The predicted octanol–water partition coefficient (Wildman–Crippen LogP) is 2.83. The van der Waals surface area contributed by atoms with Gasteiger partial charge in [-0.1, -0.05) is 0 Å². The van der Waals surface area contributed by atoms with Crippen LogP contribution in [0.4, 0.5) is 0 Å². The summed E-state index contributed by atoms with van der Waals surface area (Å²) in [6.07, 6.45) is 1.11. The first-order valence-corrected chi connectivity index (χ1v) is 9.17. The van der Waals surface area contributed by atoms with E-state index in [0.29, 0.717) is 12.4 Å². The number of rotatable bonds is 6. The molecule has 0 bridgehead atoms. The van der Waals surface area contributed by atoms with Crippen LogP contribution in [0.3, 0.4) is 0 Å². The predicted molar refractivity (Wildman–Crippen MR) is 101 cm³/mol. The van der Waals surface area contributed by atoms with Crippen LogP contribution in [0.5, 0.6) is 5.75 Å². The third-order valence-corrected chi connectivity index (χ3v) is 4.95. The summed E-state index contributed by atoms with van der Waals surface area (Å²) >= 11 is 0. The first-order chi connectivity index (χ1) is 12.5. The van der Waals surface area contributed by atoms with Crippen molar-refractivity contribution in [2.75, 3.05) is 33.4 Å². The Balaban J connectivity index is 1.78. The molecule has 0 saturated carbocycles. The van der Waals surface area contributed by atoms with Gasteiger partial charge in [-0.3, -0.25) is 4.90 Å². The van der Waals surface area contributed by atoms with Crippen LogP contribution in [0, 0.1) is 20.8 Å². The van der Waals surface area contributed by atoms with Crippen molar-refractivity contribution >= 4 is 0 Å². The second-order valence-corrected chi connectivity index (χ2v) is 6.96. The maximum absolute atomic E-state index is 6.00. The third-order valence-electron chi connectivity index (χ3n) is 4.95. The van der Waals surface area contributed by atoms with Gasteiger partial charge in [0.25, 0.3) is 0 Å². The van der Waals surface area contributed by atoms with Crippen LogP contribution in [0.15, 0.2) is 16.5 Å². The van der Waals surface area contributed by atoms with E-state index < -0.39 is 0 Å². The number of hydrogen-bond donors (Lipinski definition) is 1. The summed E-state index contributed by atoms with van der Waals surface area (Å²) in [4.78, 5) is 7.15. The maximum atomic E-state index is 6.00. The highest BCUT2D eigenvalue weighted by Gasteiger charge is 2.22. The lowest BCUT2D eigenvalue weighted by Crippen LogP contribution is -2.42. The number of aryl methyl sites for hydroxylation is 3. The van der Waals surface area contributed by atoms with E-state index in [0.717, 1.165) is 66.6 Å². The Kier molecular flexibility index (Phi) is 5.96. The second-order valence-electron chi connectivity index (χ2n) is 6.96. The molecule has 1 unspecified atom stereocenters. The minimum Gasteiger partial charge on any atom is -0.496 e. The van der Waals surface area contributed by atoms with Gasteiger partial charge in [0.05, 0.1) is 25.5 Å². The first-order valence-electron chi connectivity index (χ1n) is 9.17. The molecule has 1 aromatic heterocycles. The van der Waals surface area contributed by atoms with Crippen molar-refractivity contribution < 1.29 is 13.9 Å². The number of methoxy groups -OCH3 is 1. The van der Waals surface area contributed by atoms with Crippen LogP contribution in [0.2, 0.25) is 0 Å². The van der Waals surface area contributed by atoms with Crippen molar-refractivity contribution in [3.05, 3.63) is 34.7 Å². The zero-order valence-corrected chi connectivity index (χ0v) is 16.2. The van der Waals surface area contributed by atoms with Gasteiger partial charge in [0.1, 0.15) is 11.5 Å². The molecule has 1 aromatic carbocycles. The molecule has 142 valence electrons. The molecule has 1 aliphatic rings. The molecular formula is C20H29N3O3. The Morgan fingerprint density at radius 2 is 2.08 bits per heavy atom. The van der Waals surface area contributed by atoms with Gasteiger partial charge in [0, 0.05) is 25.2 Å². The molecule has 0 spiro atoms. The van der Waals surface area contributed by atoms with E-state index in [9.17, 15) is 0 Å². The standard InChI is InChI=1S/C20H29N3O3/c1-13-10-19(24-4)14(2)9-17(13)20-22-18(15(3)26-20)12-23-7-8-25-16(11-23)5-6-21/h9-10,16H,5-8,11-12,21H2,1-4H3. The van der Waals surface area contributed by atoms with Gasteiger partial charge >= 0.3 is 0 Å². The Hall–Kier alpha value is -1.89. The van der Waals surface area contributed by atoms with Crippen LogP contribution < -0.4 is 10.5 Å². The summed E-state index contributed by atoms with van der Waals surface area (Å²) in [5.41, 5.74) is 9.83. The first kappa shape index (κ1) is 18.9. The van der Waals surface area contributed by atoms with E-state index in [-0.39, 0.29) is 6.10 Å². The Labute approximate surface area is 155 Å². The zero-order valence-electron chi connectivity index (χ0n) is 16.2. The normalized spacial score (nSPS) is 18.3. The highest BCUT2D eigenvalue weighted by Crippen LogP contribution is 2.31. The largest absolute Gasteiger partial charge is 0.496 e. The molecule has 6 heteroatoms. The highest BCUT2D eigenvalue weighted by molar-refractivity contribution is 5.62. The van der Waals surface area contributed by atoms with Gasteiger partial charge < -0.3 is 19.6 Å². The lowest BCUT2D eigenvalue weighted by Gasteiger charge is -2.32. The van der Waals surface area contributed by atoms with Crippen molar-refractivity contribution in [2.24, 2.45) is 5.73 Å². The minimum absolute atomic E-state index is 0.215. The Morgan fingerprint density at radius 3 is 2.81 bits per heavy atom. The monoisotopic (exact) mass is 359 g/mol. The van der Waals surface area contributed by atoms with Gasteiger partial charge in [-0.25, -0.2) is 4.98 Å². The highest BCUT2D eigenvalue weighted by atomic mass is 16.5. The lowest BCUT2D eigenvalue weighted by molar-refractivity contribution is -0.0339. The van der Waals surface area contributed by atoms with Gasteiger partial charge in [0.2, 0.25) is 5.89 Å². The van der Waals surface area contributed by atoms with Crippen molar-refractivity contribution in [3.8, 4) is 17.2 Å². The summed E-state index contributed by atoms with van der Waals surface area (Å²) in [6.45, 7) is 10.0. The smallest absolute Gasteiger partial charge is 0.226 e. The van der Waals surface area contributed by atoms with E-state index in [1.54, 1.807) is 7.11 Å². The molecule has 2 N–H and O–H groups in total. The van der Waals surface area contributed by atoms with Crippen LogP contribution in [0.25, 0.3) is 11.5 Å². The zero-order chi connectivity index (χ0) is 18.7. The van der Waals surface area contributed by atoms with Crippen LogP contribution in [0.1, 0.15) is 29.0 Å². The van der Waals surface area contributed by atoms with Crippen molar-refractivity contribution in [1.29, 1.82) is 0 Å². The number of oxazole rings is 1. The van der Waals surface area contributed by atoms with Gasteiger partial charge in [-0.2, -0.15) is 0 Å². The van der Waals surface area contributed by atoms with E-state index >= 15 is 0 Å². The summed E-state index contributed by atoms with van der Waals surface area (Å²) in [5, 5.41) is 0. The fraction of sp³-hybridized carbons (Fsp3) is 0.550. The molecule has 0 amide bonds. The number of hydrogen-bond acceptors (Lipinski definition) is 6. The van der Waals surface area contributed by atoms with Gasteiger partial charge in [0.15, 0.2) is 0 Å². The molecule has 6 nitrogen and oxygen atoms in total. The third kappa shape index (κ3) is 4.09. The average Bonchev–Trinajstić information content (AvgIpc) is 2.97. The minimum atomic E-state index is 0.215. The van der Waals surface area contributed by atoms with Crippen molar-refractivity contribution in [3.63, 3.8) is 0 Å². The van der Waals surface area contributed by atoms with Crippen molar-refractivity contribution in [2.45, 2.75) is 39.8 Å². The van der Waals surface area contributed by atoms with Gasteiger partial charge in [-0.15, -0.1) is 0 Å². The fourth-order valence-corrected chi connectivity index (χ4v) is 3.43.